The second-order valence-corrected chi connectivity index (χ2v) is 5.24. The molecule has 6 heteroatoms. The first-order chi connectivity index (χ1) is 11.6. The third kappa shape index (κ3) is 4.99. The number of nitrogens with one attached hydrogen (secondary N) is 1. The average molecular weight is 347 g/mol. The van der Waals surface area contributed by atoms with Gasteiger partial charge in [-0.15, -0.1) is 0 Å². The van der Waals surface area contributed by atoms with E-state index < -0.39 is 0 Å². The van der Waals surface area contributed by atoms with Crippen LogP contribution < -0.4 is 14.3 Å². The van der Waals surface area contributed by atoms with E-state index in [2.05, 4.69) is 14.6 Å². The molecule has 0 aliphatic rings. The number of aliphatic imine (C=N–C) groups is 1. The molecule has 0 aliphatic carbocycles. The van der Waals surface area contributed by atoms with Crippen molar-refractivity contribution in [2.45, 2.75) is 13.3 Å². The first-order valence-corrected chi connectivity index (χ1v) is 7.79. The highest BCUT2D eigenvalue weighted by molar-refractivity contribution is 6.09. The van der Waals surface area contributed by atoms with E-state index in [0.29, 0.717) is 17.3 Å². The number of nitrogens with zero attached hydrogens (tertiary/aromatic N) is 1. The molecule has 1 N–H and O–H groups in total. The Morgan fingerprint density at radius 3 is 2.42 bits per heavy atom. The molecule has 0 aliphatic heterocycles. The van der Waals surface area contributed by atoms with E-state index in [1.54, 1.807) is 31.3 Å². The van der Waals surface area contributed by atoms with Crippen LogP contribution in [0.3, 0.4) is 0 Å². The predicted molar refractivity (Wildman–Crippen MR) is 94.8 cm³/mol. The van der Waals surface area contributed by atoms with Crippen LogP contribution in [0.4, 0.5) is 0 Å². The second-order valence-electron chi connectivity index (χ2n) is 5.08. The van der Waals surface area contributed by atoms with E-state index in [1.807, 2.05) is 31.2 Å². The van der Waals surface area contributed by atoms with Crippen LogP contribution in [0.2, 0.25) is 0 Å². The minimum atomic E-state index is -0.153. The summed E-state index contributed by atoms with van der Waals surface area (Å²) < 4.78 is 10.1. The maximum Gasteiger partial charge on any atom is 0.228 e. The van der Waals surface area contributed by atoms with E-state index in [1.165, 1.54) is 0 Å². The van der Waals surface area contributed by atoms with Crippen LogP contribution in [0.15, 0.2) is 53.5 Å². The van der Waals surface area contributed by atoms with Gasteiger partial charge in [0.1, 0.15) is 29.2 Å². The molecular weight excluding hydrogens is 328 g/mol. The van der Waals surface area contributed by atoms with Crippen LogP contribution in [-0.2, 0) is 4.79 Å². The third-order valence-corrected chi connectivity index (χ3v) is 3.57. The molecule has 126 valence electrons. The van der Waals surface area contributed by atoms with Gasteiger partial charge in [0.05, 0.1) is 13.0 Å². The van der Waals surface area contributed by atoms with Gasteiger partial charge in [-0.2, -0.15) is 0 Å². The van der Waals surface area contributed by atoms with Gasteiger partial charge in [0, 0.05) is 12.6 Å². The lowest BCUT2D eigenvalue weighted by Gasteiger charge is -2.11. The average Bonchev–Trinajstić information content (AvgIpc) is 2.61. The maximum atomic E-state index is 12.1. The molecule has 2 aromatic carbocycles. The zero-order valence-electron chi connectivity index (χ0n) is 13.6. The topological polar surface area (TPSA) is 59.9 Å². The van der Waals surface area contributed by atoms with Crippen molar-refractivity contribution in [3.8, 4) is 11.5 Å². The van der Waals surface area contributed by atoms with Crippen molar-refractivity contribution >= 4 is 23.6 Å². The number of carbonyl (C=O) groups is 1. The smallest absolute Gasteiger partial charge is 0.228 e. The Kier molecular flexibility index (Phi) is 6.63. The summed E-state index contributed by atoms with van der Waals surface area (Å²) in [5, 5.41) is 2.82. The van der Waals surface area contributed by atoms with Gasteiger partial charge < -0.3 is 14.3 Å². The molecule has 0 fully saturated rings. The van der Waals surface area contributed by atoms with E-state index >= 15 is 0 Å². The number of halogens is 1. The van der Waals surface area contributed by atoms with Crippen LogP contribution in [0, 0.1) is 6.92 Å². The fraction of sp³-hybridized carbons (Fsp3) is 0.222. The number of ether oxygens (including phenoxy) is 1. The lowest BCUT2D eigenvalue weighted by molar-refractivity contribution is -0.120. The largest absolute Gasteiger partial charge is 0.493 e. The standard InChI is InChI=1S/C18H19ClN2O3/c1-13-5-3-4-6-16(13)18(20-2)21-17(22)11-12-23-14-7-9-15(24-19)10-8-14/h3-10H,11-12H2,1-2H3,(H,20,21,22). The molecule has 2 aromatic rings. The molecule has 24 heavy (non-hydrogen) atoms. The number of rotatable bonds is 6. The molecular formula is C18H19ClN2O3. The molecule has 2 rings (SSSR count). The Bertz CT molecular complexity index is 714. The summed E-state index contributed by atoms with van der Waals surface area (Å²) in [4.78, 5) is 16.2. The van der Waals surface area contributed by atoms with Crippen molar-refractivity contribution in [1.29, 1.82) is 0 Å². The van der Waals surface area contributed by atoms with Crippen LogP contribution in [0.1, 0.15) is 17.5 Å². The summed E-state index contributed by atoms with van der Waals surface area (Å²) >= 11 is 5.24. The number of amidine groups is 1. The highest BCUT2D eigenvalue weighted by atomic mass is 35.5. The first kappa shape index (κ1) is 17.8. The Labute approximate surface area is 146 Å². The predicted octanol–water partition coefficient (Wildman–Crippen LogP) is 3.49. The first-order valence-electron chi connectivity index (χ1n) is 7.48. The Hall–Kier alpha value is -2.53. The molecule has 0 bridgehead atoms. The van der Waals surface area contributed by atoms with E-state index in [-0.39, 0.29) is 18.9 Å². The van der Waals surface area contributed by atoms with Gasteiger partial charge in [0.25, 0.3) is 0 Å². The number of amides is 1. The molecule has 0 saturated carbocycles. The molecule has 0 spiro atoms. The van der Waals surface area contributed by atoms with Crippen molar-refractivity contribution < 1.29 is 13.8 Å². The van der Waals surface area contributed by atoms with Gasteiger partial charge in [0.15, 0.2) is 0 Å². The van der Waals surface area contributed by atoms with Crippen LogP contribution in [0.25, 0.3) is 0 Å². The number of carbonyl (C=O) groups excluding carboxylic acids is 1. The summed E-state index contributed by atoms with van der Waals surface area (Å²) in [6, 6.07) is 14.6. The van der Waals surface area contributed by atoms with Gasteiger partial charge in [-0.1, -0.05) is 24.3 Å². The van der Waals surface area contributed by atoms with Crippen LogP contribution in [-0.4, -0.2) is 25.4 Å². The summed E-state index contributed by atoms with van der Waals surface area (Å²) in [6.07, 6.45) is 0.221. The van der Waals surface area contributed by atoms with E-state index in [0.717, 1.165) is 11.1 Å². The second kappa shape index (κ2) is 8.93. The summed E-state index contributed by atoms with van der Waals surface area (Å²) in [5.74, 6) is 1.58. The van der Waals surface area contributed by atoms with Crippen molar-refractivity contribution in [3.05, 3.63) is 59.7 Å². The highest BCUT2D eigenvalue weighted by Crippen LogP contribution is 2.18. The monoisotopic (exact) mass is 346 g/mol. The molecule has 0 radical (unpaired) electrons. The highest BCUT2D eigenvalue weighted by Gasteiger charge is 2.10. The number of hydrogen-bond donors (Lipinski definition) is 1. The summed E-state index contributed by atoms with van der Waals surface area (Å²) in [6.45, 7) is 2.24. The van der Waals surface area contributed by atoms with Crippen LogP contribution >= 0.6 is 11.9 Å². The fourth-order valence-corrected chi connectivity index (χ4v) is 2.23. The van der Waals surface area contributed by atoms with Gasteiger partial charge in [0.2, 0.25) is 5.91 Å². The third-order valence-electron chi connectivity index (χ3n) is 3.39. The lowest BCUT2D eigenvalue weighted by atomic mass is 10.1. The van der Waals surface area contributed by atoms with E-state index in [4.69, 9.17) is 16.6 Å². The molecule has 0 heterocycles. The molecule has 0 unspecified atom stereocenters. The SMILES string of the molecule is C/N=C(/NC(=O)CCOc1ccc(OCl)cc1)c1ccccc1C. The molecule has 0 aromatic heterocycles. The number of benzene rings is 2. The summed E-state index contributed by atoms with van der Waals surface area (Å²) in [5.41, 5.74) is 1.96. The molecule has 1 amide bonds. The maximum absolute atomic E-state index is 12.1. The van der Waals surface area contributed by atoms with E-state index in [9.17, 15) is 4.79 Å². The van der Waals surface area contributed by atoms with Crippen molar-refractivity contribution in [2.75, 3.05) is 13.7 Å². The summed E-state index contributed by atoms with van der Waals surface area (Å²) in [7, 11) is 1.65. The van der Waals surface area contributed by atoms with Gasteiger partial charge in [-0.25, -0.2) is 0 Å². The minimum absolute atomic E-state index is 0.153. The van der Waals surface area contributed by atoms with Crippen molar-refractivity contribution in [1.82, 2.24) is 5.32 Å². The minimum Gasteiger partial charge on any atom is -0.493 e. The van der Waals surface area contributed by atoms with Gasteiger partial charge >= 0.3 is 0 Å². The van der Waals surface area contributed by atoms with Crippen molar-refractivity contribution in [2.24, 2.45) is 4.99 Å². The fourth-order valence-electron chi connectivity index (χ4n) is 2.13. The number of aryl methyl sites for hydroxylation is 1. The zero-order chi connectivity index (χ0) is 17.4. The van der Waals surface area contributed by atoms with Gasteiger partial charge in [-0.05, 0) is 36.8 Å². The van der Waals surface area contributed by atoms with Crippen LogP contribution in [0.5, 0.6) is 11.5 Å². The lowest BCUT2D eigenvalue weighted by Crippen LogP contribution is -2.32. The Morgan fingerprint density at radius 2 is 1.79 bits per heavy atom. The molecule has 0 atom stereocenters. The van der Waals surface area contributed by atoms with Gasteiger partial charge in [-0.3, -0.25) is 9.79 Å². The zero-order valence-corrected chi connectivity index (χ0v) is 14.3. The quantitative estimate of drug-likeness (QED) is 0.643. The molecule has 5 nitrogen and oxygen atoms in total. The number of hydrogen-bond acceptors (Lipinski definition) is 4. The Balaban J connectivity index is 1.85. The Morgan fingerprint density at radius 1 is 1.12 bits per heavy atom. The van der Waals surface area contributed by atoms with Crippen molar-refractivity contribution in [3.63, 3.8) is 0 Å². The molecule has 0 saturated heterocycles. The normalized spacial score (nSPS) is 11.0.